The number of rotatable bonds is 7. The largest absolute Gasteiger partial charge is 0.497 e. The number of ether oxygens (including phenoxy) is 1. The third kappa shape index (κ3) is 5.71. The molecule has 0 spiro atoms. The van der Waals surface area contributed by atoms with Crippen molar-refractivity contribution in [2.75, 3.05) is 45.2 Å². The van der Waals surface area contributed by atoms with Crippen LogP contribution in [0.25, 0.3) is 11.3 Å². The molecule has 3 N–H and O–H groups in total. The van der Waals surface area contributed by atoms with Gasteiger partial charge in [0.1, 0.15) is 44.2 Å². The number of hydrogen-bond donors (Lipinski definition) is 3. The van der Waals surface area contributed by atoms with Crippen molar-refractivity contribution in [1.29, 1.82) is 0 Å². The van der Waals surface area contributed by atoms with Crippen molar-refractivity contribution in [1.82, 2.24) is 5.16 Å². The van der Waals surface area contributed by atoms with Crippen LogP contribution < -0.4 is 19.9 Å². The molecule has 31 heavy (non-hydrogen) atoms. The number of quaternary nitrogens is 2. The minimum absolute atomic E-state index is 0.0415. The predicted molar refractivity (Wildman–Crippen MR) is 118 cm³/mol. The van der Waals surface area contributed by atoms with Crippen molar-refractivity contribution >= 4 is 11.8 Å². The van der Waals surface area contributed by atoms with E-state index in [0.29, 0.717) is 12.4 Å². The van der Waals surface area contributed by atoms with E-state index in [9.17, 15) is 4.79 Å². The van der Waals surface area contributed by atoms with E-state index in [1.54, 1.807) is 18.1 Å². The summed E-state index contributed by atoms with van der Waals surface area (Å²) in [6.07, 6.45) is 0. The number of nitrogens with one attached hydrogen (secondary N) is 3. The fourth-order valence-electron chi connectivity index (χ4n) is 3.95. The van der Waals surface area contributed by atoms with Crippen molar-refractivity contribution in [3.8, 4) is 17.0 Å². The number of carbonyl (C=O) groups is 1. The molecule has 3 aromatic rings. The number of piperazine rings is 1. The van der Waals surface area contributed by atoms with Crippen LogP contribution in [-0.4, -0.2) is 50.9 Å². The highest BCUT2D eigenvalue weighted by Crippen LogP contribution is 2.21. The molecule has 2 aromatic carbocycles. The molecule has 0 saturated carbocycles. The van der Waals surface area contributed by atoms with Gasteiger partial charge in [-0.15, -0.1) is 0 Å². The van der Waals surface area contributed by atoms with Crippen LogP contribution in [0, 0.1) is 6.92 Å². The molecule has 0 bridgehead atoms. The van der Waals surface area contributed by atoms with Gasteiger partial charge in [-0.1, -0.05) is 35.0 Å². The average molecular weight is 423 g/mol. The van der Waals surface area contributed by atoms with Crippen LogP contribution in [-0.2, 0) is 11.3 Å². The molecule has 2 heterocycles. The summed E-state index contributed by atoms with van der Waals surface area (Å²) in [6.45, 7) is 7.54. The van der Waals surface area contributed by atoms with E-state index in [2.05, 4.69) is 22.6 Å². The molecule has 162 valence electrons. The van der Waals surface area contributed by atoms with Crippen LogP contribution >= 0.6 is 0 Å². The third-order valence-electron chi connectivity index (χ3n) is 5.81. The summed E-state index contributed by atoms with van der Waals surface area (Å²) in [5, 5.41) is 6.91. The van der Waals surface area contributed by atoms with Gasteiger partial charge in [-0.3, -0.25) is 10.1 Å². The Labute approximate surface area is 182 Å². The number of aromatic nitrogens is 1. The molecule has 1 fully saturated rings. The molecule has 1 aliphatic rings. The quantitative estimate of drug-likeness (QED) is 0.521. The van der Waals surface area contributed by atoms with Gasteiger partial charge in [-0.05, 0) is 31.2 Å². The molecule has 1 aromatic heterocycles. The van der Waals surface area contributed by atoms with Gasteiger partial charge < -0.3 is 19.1 Å². The number of methoxy groups -OCH3 is 1. The first-order valence-corrected chi connectivity index (χ1v) is 10.7. The normalized spacial score (nSPS) is 18.5. The second-order valence-electron chi connectivity index (χ2n) is 8.19. The Morgan fingerprint density at radius 1 is 1.03 bits per heavy atom. The maximum absolute atomic E-state index is 12.5. The lowest BCUT2D eigenvalue weighted by molar-refractivity contribution is -1.02. The van der Waals surface area contributed by atoms with E-state index >= 15 is 0 Å². The molecule has 0 radical (unpaired) electrons. The standard InChI is InChI=1S/C24H28N4O3/c1-18-3-7-20(8-4-18)22-15-24(31-26-22)25-23(29)17-28-13-11-27(12-14-28)16-19-5-9-21(30-2)10-6-19/h3-10,15H,11-14,16-17H2,1-2H3,(H,25,29)/p+2. The first-order valence-electron chi connectivity index (χ1n) is 10.7. The molecule has 1 aliphatic heterocycles. The second kappa shape index (κ2) is 9.76. The maximum Gasteiger partial charge on any atom is 0.281 e. The van der Waals surface area contributed by atoms with E-state index in [4.69, 9.17) is 9.26 Å². The molecule has 4 rings (SSSR count). The van der Waals surface area contributed by atoms with Crippen LogP contribution in [0.3, 0.4) is 0 Å². The number of carbonyl (C=O) groups excluding carboxylic acids is 1. The number of amides is 1. The molecular formula is C24H30N4O3+2. The predicted octanol–water partition coefficient (Wildman–Crippen LogP) is 0.581. The van der Waals surface area contributed by atoms with Crippen molar-refractivity contribution in [3.05, 3.63) is 65.7 Å². The van der Waals surface area contributed by atoms with Crippen LogP contribution in [0.2, 0.25) is 0 Å². The van der Waals surface area contributed by atoms with Gasteiger partial charge in [0.2, 0.25) is 5.88 Å². The van der Waals surface area contributed by atoms with Crippen molar-refractivity contribution in [3.63, 3.8) is 0 Å². The SMILES string of the molecule is COc1ccc(C[NH+]2CC[NH+](CC(=O)Nc3cc(-c4ccc(C)cc4)no3)CC2)cc1. The molecule has 7 heteroatoms. The smallest absolute Gasteiger partial charge is 0.281 e. The van der Waals surface area contributed by atoms with Crippen LogP contribution in [0.5, 0.6) is 5.75 Å². The van der Waals surface area contributed by atoms with Gasteiger partial charge in [0, 0.05) is 17.2 Å². The number of hydrogen-bond acceptors (Lipinski definition) is 4. The molecule has 0 atom stereocenters. The lowest BCUT2D eigenvalue weighted by Gasteiger charge is -2.29. The fraction of sp³-hybridized carbons (Fsp3) is 0.333. The highest BCUT2D eigenvalue weighted by atomic mass is 16.5. The number of benzene rings is 2. The maximum atomic E-state index is 12.5. The summed E-state index contributed by atoms with van der Waals surface area (Å²) >= 11 is 0. The first-order chi connectivity index (χ1) is 15.1. The number of anilines is 1. The van der Waals surface area contributed by atoms with Gasteiger partial charge in [-0.25, -0.2) is 0 Å². The Balaban J connectivity index is 1.22. The summed E-state index contributed by atoms with van der Waals surface area (Å²) < 4.78 is 10.5. The second-order valence-corrected chi connectivity index (χ2v) is 8.19. The van der Waals surface area contributed by atoms with E-state index in [1.807, 2.05) is 43.3 Å². The third-order valence-corrected chi connectivity index (χ3v) is 5.81. The van der Waals surface area contributed by atoms with Gasteiger partial charge >= 0.3 is 0 Å². The van der Waals surface area contributed by atoms with E-state index in [1.165, 1.54) is 16.0 Å². The highest BCUT2D eigenvalue weighted by molar-refractivity contribution is 5.90. The lowest BCUT2D eigenvalue weighted by atomic mass is 10.1. The topological polar surface area (TPSA) is 73.2 Å². The van der Waals surface area contributed by atoms with Crippen LogP contribution in [0.15, 0.2) is 59.1 Å². The van der Waals surface area contributed by atoms with Crippen LogP contribution in [0.1, 0.15) is 11.1 Å². The summed E-state index contributed by atoms with van der Waals surface area (Å²) in [5.74, 6) is 1.24. The minimum atomic E-state index is -0.0415. The average Bonchev–Trinajstić information content (AvgIpc) is 3.24. The van der Waals surface area contributed by atoms with Gasteiger partial charge in [0.15, 0.2) is 6.54 Å². The zero-order valence-electron chi connectivity index (χ0n) is 18.1. The zero-order chi connectivity index (χ0) is 21.6. The number of aryl methyl sites for hydroxylation is 1. The van der Waals surface area contributed by atoms with Crippen molar-refractivity contribution < 1.29 is 23.9 Å². The van der Waals surface area contributed by atoms with E-state index < -0.39 is 0 Å². The molecular weight excluding hydrogens is 392 g/mol. The van der Waals surface area contributed by atoms with Crippen molar-refractivity contribution in [2.24, 2.45) is 0 Å². The van der Waals surface area contributed by atoms with E-state index in [0.717, 1.165) is 49.7 Å². The molecule has 1 amide bonds. The summed E-state index contributed by atoms with van der Waals surface area (Å²) in [6, 6.07) is 18.1. The Hall–Kier alpha value is -3.16. The fourth-order valence-corrected chi connectivity index (χ4v) is 3.95. The Kier molecular flexibility index (Phi) is 6.64. The zero-order valence-corrected chi connectivity index (χ0v) is 18.1. The summed E-state index contributed by atoms with van der Waals surface area (Å²) in [4.78, 5) is 15.3. The lowest BCUT2D eigenvalue weighted by Crippen LogP contribution is -3.28. The molecule has 7 nitrogen and oxygen atoms in total. The summed E-state index contributed by atoms with van der Waals surface area (Å²) in [7, 11) is 1.68. The van der Waals surface area contributed by atoms with Gasteiger partial charge in [0.05, 0.1) is 7.11 Å². The number of nitrogens with zero attached hydrogens (tertiary/aromatic N) is 1. The molecule has 0 unspecified atom stereocenters. The molecule has 0 aliphatic carbocycles. The summed E-state index contributed by atoms with van der Waals surface area (Å²) in [5.41, 5.74) is 4.19. The first kappa shape index (κ1) is 21.1. The Bertz CT molecular complexity index is 990. The minimum Gasteiger partial charge on any atom is -0.497 e. The van der Waals surface area contributed by atoms with Crippen molar-refractivity contribution in [2.45, 2.75) is 13.5 Å². The van der Waals surface area contributed by atoms with Crippen LogP contribution in [0.4, 0.5) is 5.88 Å². The molecule has 1 saturated heterocycles. The highest BCUT2D eigenvalue weighted by Gasteiger charge is 2.25. The Morgan fingerprint density at radius 2 is 1.71 bits per heavy atom. The van der Waals surface area contributed by atoms with Gasteiger partial charge in [0.25, 0.3) is 5.91 Å². The Morgan fingerprint density at radius 3 is 2.39 bits per heavy atom. The van der Waals surface area contributed by atoms with Gasteiger partial charge in [-0.2, -0.15) is 0 Å². The van der Waals surface area contributed by atoms with E-state index in [-0.39, 0.29) is 5.91 Å². The monoisotopic (exact) mass is 422 g/mol.